The number of methoxy groups -OCH3 is 1. The van der Waals surface area contributed by atoms with Crippen molar-refractivity contribution in [2.45, 2.75) is 0 Å². The molecule has 2 aromatic rings. The van der Waals surface area contributed by atoms with Crippen LogP contribution in [0.2, 0.25) is 10.0 Å². The van der Waals surface area contributed by atoms with Gasteiger partial charge in [0.05, 0.1) is 27.6 Å². The first-order valence-corrected chi connectivity index (χ1v) is 10.2. The van der Waals surface area contributed by atoms with Crippen LogP contribution in [0.1, 0.15) is 15.9 Å². The Morgan fingerprint density at radius 2 is 1.87 bits per heavy atom. The Balaban J connectivity index is 1.89. The molecule has 2 aromatic carbocycles. The first-order valence-electron chi connectivity index (χ1n) is 8.59. The number of thioether (sulfide) groups is 1. The van der Waals surface area contributed by atoms with Crippen LogP contribution in [0.4, 0.5) is 4.79 Å². The second-order valence-electron chi connectivity index (χ2n) is 6.14. The zero-order valence-electron chi connectivity index (χ0n) is 15.9. The van der Waals surface area contributed by atoms with Crippen LogP contribution in [-0.2, 0) is 9.59 Å². The highest BCUT2D eigenvalue weighted by Crippen LogP contribution is 2.39. The van der Waals surface area contributed by atoms with Gasteiger partial charge in [-0.15, -0.1) is 0 Å². The van der Waals surface area contributed by atoms with Crippen molar-refractivity contribution in [3.05, 3.63) is 62.5 Å². The molecule has 0 aromatic heterocycles. The summed E-state index contributed by atoms with van der Waals surface area (Å²) in [6.07, 6.45) is 1.40. The van der Waals surface area contributed by atoms with E-state index < -0.39 is 29.6 Å². The molecule has 1 aliphatic rings. The van der Waals surface area contributed by atoms with Crippen molar-refractivity contribution < 1.29 is 28.7 Å². The Kier molecular flexibility index (Phi) is 6.89. The molecule has 0 aliphatic carbocycles. The maximum Gasteiger partial charge on any atom is 0.345 e. The Labute approximate surface area is 190 Å². The van der Waals surface area contributed by atoms with E-state index in [1.807, 2.05) is 0 Å². The number of nitrogens with two attached hydrogens (primary N) is 1. The minimum absolute atomic E-state index is 0.0300. The first kappa shape index (κ1) is 22.7. The van der Waals surface area contributed by atoms with Crippen molar-refractivity contribution in [1.29, 1.82) is 0 Å². The fraction of sp³-hybridized carbons (Fsp3) is 0.100. The summed E-state index contributed by atoms with van der Waals surface area (Å²) in [4.78, 5) is 48.6. The molecule has 1 fully saturated rings. The molecule has 2 N–H and O–H groups in total. The number of hydrogen-bond donors (Lipinski definition) is 1. The van der Waals surface area contributed by atoms with E-state index in [4.69, 9.17) is 38.4 Å². The van der Waals surface area contributed by atoms with Gasteiger partial charge in [0.1, 0.15) is 6.54 Å². The molecule has 0 atom stereocenters. The Morgan fingerprint density at radius 1 is 1.16 bits per heavy atom. The van der Waals surface area contributed by atoms with Crippen LogP contribution in [0, 0.1) is 0 Å². The number of hydrogen-bond acceptors (Lipinski definition) is 7. The van der Waals surface area contributed by atoms with Crippen molar-refractivity contribution in [1.82, 2.24) is 4.90 Å². The molecule has 1 heterocycles. The number of rotatable bonds is 6. The van der Waals surface area contributed by atoms with E-state index >= 15 is 0 Å². The first-order chi connectivity index (χ1) is 14.7. The fourth-order valence-electron chi connectivity index (χ4n) is 2.64. The summed E-state index contributed by atoms with van der Waals surface area (Å²) in [5.74, 6) is -2.11. The highest BCUT2D eigenvalue weighted by atomic mass is 35.5. The van der Waals surface area contributed by atoms with Crippen LogP contribution in [0.15, 0.2) is 41.3 Å². The molecule has 0 unspecified atom stereocenters. The third-order valence-corrected chi connectivity index (χ3v) is 5.54. The van der Waals surface area contributed by atoms with Crippen molar-refractivity contribution in [2.24, 2.45) is 5.73 Å². The molecule has 11 heteroatoms. The van der Waals surface area contributed by atoms with Crippen LogP contribution >= 0.6 is 35.0 Å². The average Bonchev–Trinajstić information content (AvgIpc) is 2.96. The topological polar surface area (TPSA) is 116 Å². The van der Waals surface area contributed by atoms with Crippen LogP contribution in [0.25, 0.3) is 6.08 Å². The van der Waals surface area contributed by atoms with E-state index in [1.165, 1.54) is 31.4 Å². The zero-order chi connectivity index (χ0) is 22.7. The van der Waals surface area contributed by atoms with Gasteiger partial charge in [-0.2, -0.15) is 0 Å². The fourth-order valence-corrected chi connectivity index (χ4v) is 3.95. The van der Waals surface area contributed by atoms with E-state index in [2.05, 4.69) is 0 Å². The van der Waals surface area contributed by atoms with E-state index in [0.717, 1.165) is 4.90 Å². The lowest BCUT2D eigenvalue weighted by atomic mass is 10.1. The quantitative estimate of drug-likeness (QED) is 0.380. The molecule has 160 valence electrons. The van der Waals surface area contributed by atoms with E-state index in [-0.39, 0.29) is 32.0 Å². The summed E-state index contributed by atoms with van der Waals surface area (Å²) in [5, 5.41) is -0.369. The van der Waals surface area contributed by atoms with Gasteiger partial charge < -0.3 is 15.2 Å². The van der Waals surface area contributed by atoms with Crippen molar-refractivity contribution in [3.8, 4) is 11.5 Å². The normalized spacial score (nSPS) is 14.8. The number of imide groups is 1. The SMILES string of the molecule is COc1cc(/C=C2\SC(=O)N(CC(N)=O)C2=O)cc(Cl)c1OC(=O)c1ccccc1Cl. The maximum absolute atomic E-state index is 12.5. The Morgan fingerprint density at radius 3 is 2.52 bits per heavy atom. The zero-order valence-corrected chi connectivity index (χ0v) is 18.2. The minimum atomic E-state index is -0.807. The smallest absolute Gasteiger partial charge is 0.345 e. The second-order valence-corrected chi connectivity index (χ2v) is 7.95. The highest BCUT2D eigenvalue weighted by molar-refractivity contribution is 8.18. The number of primary amides is 1. The molecule has 1 aliphatic heterocycles. The summed E-state index contributed by atoms with van der Waals surface area (Å²) in [5.41, 5.74) is 5.62. The maximum atomic E-state index is 12.5. The number of halogens is 2. The van der Waals surface area contributed by atoms with Gasteiger partial charge in [0, 0.05) is 0 Å². The molecule has 0 bridgehead atoms. The van der Waals surface area contributed by atoms with Gasteiger partial charge in [-0.1, -0.05) is 35.3 Å². The number of ether oxygens (including phenoxy) is 2. The van der Waals surface area contributed by atoms with Gasteiger partial charge in [0.25, 0.3) is 11.1 Å². The third-order valence-electron chi connectivity index (χ3n) is 4.03. The van der Waals surface area contributed by atoms with Crippen LogP contribution in [-0.4, -0.2) is 41.6 Å². The molecule has 3 amide bonds. The molecule has 0 radical (unpaired) electrons. The summed E-state index contributed by atoms with van der Waals surface area (Å²) >= 11 is 13.0. The Hall–Kier alpha value is -3.01. The van der Waals surface area contributed by atoms with Gasteiger partial charge in [-0.25, -0.2) is 4.79 Å². The summed E-state index contributed by atoms with van der Waals surface area (Å²) in [7, 11) is 1.35. The van der Waals surface area contributed by atoms with E-state index in [0.29, 0.717) is 17.3 Å². The number of carbonyl (C=O) groups is 4. The third kappa shape index (κ3) is 5.01. The van der Waals surface area contributed by atoms with Crippen LogP contribution in [0.3, 0.4) is 0 Å². The lowest BCUT2D eigenvalue weighted by molar-refractivity contribution is -0.127. The lowest BCUT2D eigenvalue weighted by Gasteiger charge is -2.13. The molecule has 0 spiro atoms. The van der Waals surface area contributed by atoms with E-state index in [1.54, 1.807) is 18.2 Å². The number of benzene rings is 2. The number of esters is 1. The monoisotopic (exact) mass is 480 g/mol. The van der Waals surface area contributed by atoms with Crippen molar-refractivity contribution in [3.63, 3.8) is 0 Å². The van der Waals surface area contributed by atoms with Crippen molar-refractivity contribution in [2.75, 3.05) is 13.7 Å². The molecular weight excluding hydrogens is 467 g/mol. The van der Waals surface area contributed by atoms with Gasteiger partial charge in [-0.05, 0) is 47.7 Å². The van der Waals surface area contributed by atoms with Gasteiger partial charge in [0.15, 0.2) is 11.5 Å². The molecule has 1 saturated heterocycles. The molecule has 3 rings (SSSR count). The minimum Gasteiger partial charge on any atom is -0.493 e. The molecule has 0 saturated carbocycles. The number of amides is 3. The number of carbonyl (C=O) groups excluding carboxylic acids is 4. The predicted molar refractivity (Wildman–Crippen MR) is 116 cm³/mol. The largest absolute Gasteiger partial charge is 0.493 e. The van der Waals surface area contributed by atoms with Crippen molar-refractivity contribution >= 4 is 64.1 Å². The summed E-state index contributed by atoms with van der Waals surface area (Å²) < 4.78 is 10.6. The average molecular weight is 481 g/mol. The standard InChI is InChI=1S/C20H14Cl2N2O6S/c1-29-14-7-10(8-15-18(26)24(9-16(23)25)20(28)31-15)6-13(22)17(14)30-19(27)11-4-2-3-5-12(11)21/h2-8H,9H2,1H3,(H2,23,25)/b15-8-. The summed E-state index contributed by atoms with van der Waals surface area (Å²) in [6.45, 7) is -0.511. The van der Waals surface area contributed by atoms with Crippen LogP contribution in [0.5, 0.6) is 11.5 Å². The highest BCUT2D eigenvalue weighted by Gasteiger charge is 2.36. The lowest BCUT2D eigenvalue weighted by Crippen LogP contribution is -2.36. The van der Waals surface area contributed by atoms with Gasteiger partial charge in [-0.3, -0.25) is 19.3 Å². The molecule has 31 heavy (non-hydrogen) atoms. The van der Waals surface area contributed by atoms with Gasteiger partial charge in [0.2, 0.25) is 5.91 Å². The second kappa shape index (κ2) is 9.42. The predicted octanol–water partition coefficient (Wildman–Crippen LogP) is 3.74. The summed E-state index contributed by atoms with van der Waals surface area (Å²) in [6, 6.07) is 9.26. The molecule has 8 nitrogen and oxygen atoms in total. The van der Waals surface area contributed by atoms with E-state index in [9.17, 15) is 19.2 Å². The van der Waals surface area contributed by atoms with Gasteiger partial charge >= 0.3 is 5.97 Å². The Bertz CT molecular complexity index is 1130. The van der Waals surface area contributed by atoms with Crippen LogP contribution < -0.4 is 15.2 Å². The molecular formula is C20H14Cl2N2O6S. The number of nitrogens with zero attached hydrogens (tertiary/aromatic N) is 1.